The van der Waals surface area contributed by atoms with Gasteiger partial charge in [0.2, 0.25) is 0 Å². The van der Waals surface area contributed by atoms with Gasteiger partial charge >= 0.3 is 7.82 Å². The average molecular weight is 314 g/mol. The van der Waals surface area contributed by atoms with Crippen LogP contribution in [0.5, 0.6) is 0 Å². The minimum atomic E-state index is -4.54. The first kappa shape index (κ1) is 18.4. The number of unbranched alkanes of at least 4 members (excludes halogenated alkanes) is 3. The molecule has 0 aliphatic heterocycles. The van der Waals surface area contributed by atoms with Crippen molar-refractivity contribution in [2.45, 2.75) is 65.4 Å². The molecule has 0 saturated heterocycles. The molecule has 0 amide bonds. The molecule has 0 bridgehead atoms. The van der Waals surface area contributed by atoms with Crippen molar-refractivity contribution >= 4 is 7.82 Å². The molecule has 2 N–H and O–H groups in total. The highest BCUT2D eigenvalue weighted by molar-refractivity contribution is 7.46. The molecule has 1 aromatic carbocycles. The van der Waals surface area contributed by atoms with Gasteiger partial charge in [0, 0.05) is 0 Å². The molecule has 1 aromatic rings. The Kier molecular flexibility index (Phi) is 6.61. The standard InChI is InChI=1S/C16H27O4P/c1-5-6-7-8-12-16(4,20-21(17,18)19)15-11-9-10-13(2)14(15)3/h9-11H,5-8,12H2,1-4H3,(H2,17,18,19). The molecule has 1 unspecified atom stereocenters. The molecular weight excluding hydrogens is 287 g/mol. The lowest BCUT2D eigenvalue weighted by atomic mass is 9.86. The van der Waals surface area contributed by atoms with Gasteiger partial charge in [0.25, 0.3) is 0 Å². The molecule has 0 radical (unpaired) electrons. The molecule has 1 rings (SSSR count). The first-order valence-corrected chi connectivity index (χ1v) is 9.05. The fourth-order valence-electron chi connectivity index (χ4n) is 2.71. The number of hydrogen-bond acceptors (Lipinski definition) is 2. The molecule has 0 aliphatic carbocycles. The Morgan fingerprint density at radius 3 is 2.43 bits per heavy atom. The zero-order valence-corrected chi connectivity index (χ0v) is 14.3. The molecule has 0 aromatic heterocycles. The van der Waals surface area contributed by atoms with Gasteiger partial charge in [0.05, 0.1) is 0 Å². The Labute approximate surface area is 127 Å². The van der Waals surface area contributed by atoms with Gasteiger partial charge in [-0.15, -0.1) is 0 Å². The normalized spacial score (nSPS) is 15.0. The topological polar surface area (TPSA) is 66.8 Å². The number of benzene rings is 1. The van der Waals surface area contributed by atoms with Crippen LogP contribution >= 0.6 is 7.82 Å². The third kappa shape index (κ3) is 5.55. The van der Waals surface area contributed by atoms with Gasteiger partial charge in [-0.1, -0.05) is 50.8 Å². The minimum absolute atomic E-state index is 0.600. The van der Waals surface area contributed by atoms with E-state index in [2.05, 4.69) is 6.92 Å². The highest BCUT2D eigenvalue weighted by Gasteiger charge is 2.36. The van der Waals surface area contributed by atoms with Gasteiger partial charge in [-0.25, -0.2) is 4.57 Å². The molecule has 21 heavy (non-hydrogen) atoms. The van der Waals surface area contributed by atoms with E-state index in [1.165, 1.54) is 0 Å². The summed E-state index contributed by atoms with van der Waals surface area (Å²) >= 11 is 0. The molecule has 5 heteroatoms. The predicted octanol–water partition coefficient (Wildman–Crippen LogP) is 4.60. The maximum atomic E-state index is 11.4. The van der Waals surface area contributed by atoms with E-state index < -0.39 is 13.4 Å². The average Bonchev–Trinajstić information content (AvgIpc) is 2.36. The Bertz CT molecular complexity index is 509. The minimum Gasteiger partial charge on any atom is -0.303 e. The Hall–Kier alpha value is -0.670. The maximum absolute atomic E-state index is 11.4. The van der Waals surface area contributed by atoms with Crippen LogP contribution in [0, 0.1) is 13.8 Å². The van der Waals surface area contributed by atoms with Crippen LogP contribution < -0.4 is 0 Å². The van der Waals surface area contributed by atoms with Crippen LogP contribution in [0.1, 0.15) is 62.6 Å². The zero-order chi connectivity index (χ0) is 16.1. The van der Waals surface area contributed by atoms with E-state index in [4.69, 9.17) is 4.52 Å². The van der Waals surface area contributed by atoms with Crippen LogP contribution in [-0.2, 0) is 14.7 Å². The second kappa shape index (κ2) is 7.55. The molecule has 0 fully saturated rings. The molecular formula is C16H27O4P. The fraction of sp³-hybridized carbons (Fsp3) is 0.625. The van der Waals surface area contributed by atoms with E-state index in [0.717, 1.165) is 42.4 Å². The van der Waals surface area contributed by atoms with Crippen molar-refractivity contribution in [3.8, 4) is 0 Å². The van der Waals surface area contributed by atoms with E-state index in [9.17, 15) is 14.4 Å². The Morgan fingerprint density at radius 1 is 1.19 bits per heavy atom. The second-order valence-electron chi connectivity index (χ2n) is 5.87. The van der Waals surface area contributed by atoms with Crippen LogP contribution in [0.15, 0.2) is 18.2 Å². The zero-order valence-electron chi connectivity index (χ0n) is 13.4. The smallest absolute Gasteiger partial charge is 0.303 e. The second-order valence-corrected chi connectivity index (χ2v) is 7.03. The van der Waals surface area contributed by atoms with E-state index in [1.807, 2.05) is 32.0 Å². The number of rotatable bonds is 8. The predicted molar refractivity (Wildman–Crippen MR) is 85.2 cm³/mol. The van der Waals surface area contributed by atoms with E-state index in [-0.39, 0.29) is 0 Å². The number of aryl methyl sites for hydroxylation is 1. The summed E-state index contributed by atoms with van der Waals surface area (Å²) in [5, 5.41) is 0. The van der Waals surface area contributed by atoms with Crippen LogP contribution in [0.2, 0.25) is 0 Å². The monoisotopic (exact) mass is 314 g/mol. The quantitative estimate of drug-likeness (QED) is 0.543. The Morgan fingerprint density at radius 2 is 1.86 bits per heavy atom. The van der Waals surface area contributed by atoms with E-state index >= 15 is 0 Å². The molecule has 1 atom stereocenters. The number of hydrogen-bond donors (Lipinski definition) is 2. The van der Waals surface area contributed by atoms with Crippen molar-refractivity contribution in [1.82, 2.24) is 0 Å². The van der Waals surface area contributed by atoms with Crippen molar-refractivity contribution in [2.75, 3.05) is 0 Å². The van der Waals surface area contributed by atoms with E-state index in [1.54, 1.807) is 6.92 Å². The van der Waals surface area contributed by atoms with Gasteiger partial charge < -0.3 is 9.79 Å². The summed E-state index contributed by atoms with van der Waals surface area (Å²) < 4.78 is 16.6. The number of phosphoric ester groups is 1. The highest BCUT2D eigenvalue weighted by atomic mass is 31.2. The molecule has 0 aliphatic rings. The van der Waals surface area contributed by atoms with Crippen molar-refractivity contribution < 1.29 is 18.9 Å². The molecule has 0 saturated carbocycles. The summed E-state index contributed by atoms with van der Waals surface area (Å²) in [5.74, 6) is 0. The van der Waals surface area contributed by atoms with E-state index in [0.29, 0.717) is 6.42 Å². The van der Waals surface area contributed by atoms with Crippen molar-refractivity contribution in [2.24, 2.45) is 0 Å². The lowest BCUT2D eigenvalue weighted by Gasteiger charge is -2.32. The van der Waals surface area contributed by atoms with Crippen LogP contribution in [0.3, 0.4) is 0 Å². The van der Waals surface area contributed by atoms with Gasteiger partial charge in [-0.2, -0.15) is 0 Å². The Balaban J connectivity index is 3.06. The maximum Gasteiger partial charge on any atom is 0.470 e. The van der Waals surface area contributed by atoms with Crippen molar-refractivity contribution in [1.29, 1.82) is 0 Å². The number of phosphoric acid groups is 1. The molecule has 0 heterocycles. The largest absolute Gasteiger partial charge is 0.470 e. The first-order chi connectivity index (χ1) is 9.69. The van der Waals surface area contributed by atoms with Crippen LogP contribution in [-0.4, -0.2) is 9.79 Å². The van der Waals surface area contributed by atoms with Gasteiger partial charge in [0.1, 0.15) is 5.60 Å². The van der Waals surface area contributed by atoms with Crippen molar-refractivity contribution in [3.05, 3.63) is 34.9 Å². The van der Waals surface area contributed by atoms with Gasteiger partial charge in [-0.05, 0) is 43.9 Å². The molecule has 4 nitrogen and oxygen atoms in total. The molecule has 0 spiro atoms. The third-order valence-corrected chi connectivity index (χ3v) is 4.64. The summed E-state index contributed by atoms with van der Waals surface area (Å²) in [5.41, 5.74) is 2.04. The summed E-state index contributed by atoms with van der Waals surface area (Å²) in [4.78, 5) is 18.5. The SMILES string of the molecule is CCCCCCC(C)(OP(=O)(O)O)c1cccc(C)c1C. The lowest BCUT2D eigenvalue weighted by molar-refractivity contribution is 0.0362. The summed E-state index contributed by atoms with van der Waals surface area (Å²) in [7, 11) is -4.54. The van der Waals surface area contributed by atoms with Crippen molar-refractivity contribution in [3.63, 3.8) is 0 Å². The van der Waals surface area contributed by atoms with Gasteiger partial charge in [-0.3, -0.25) is 4.52 Å². The summed E-state index contributed by atoms with van der Waals surface area (Å²) in [6, 6.07) is 5.80. The fourth-order valence-corrected chi connectivity index (χ4v) is 3.42. The van der Waals surface area contributed by atoms with Crippen LogP contribution in [0.4, 0.5) is 0 Å². The first-order valence-electron chi connectivity index (χ1n) is 7.52. The summed E-state index contributed by atoms with van der Waals surface area (Å²) in [6.45, 7) is 7.88. The van der Waals surface area contributed by atoms with Gasteiger partial charge in [0.15, 0.2) is 0 Å². The molecule has 120 valence electrons. The summed E-state index contributed by atoms with van der Waals surface area (Å²) in [6.07, 6.45) is 4.78. The highest BCUT2D eigenvalue weighted by Crippen LogP contribution is 2.48. The lowest BCUT2D eigenvalue weighted by Crippen LogP contribution is -2.26. The van der Waals surface area contributed by atoms with Crippen LogP contribution in [0.25, 0.3) is 0 Å². The third-order valence-electron chi connectivity index (χ3n) is 4.00.